The third-order valence-electron chi connectivity index (χ3n) is 3.83. The maximum Gasteiger partial charge on any atom is 0.254 e. The number of carbonyl (C=O) groups excluding carboxylic acids is 1. The Balaban J connectivity index is 1.90. The first-order valence-electron chi connectivity index (χ1n) is 6.83. The molecule has 0 N–H and O–H groups in total. The van der Waals surface area contributed by atoms with Crippen LogP contribution in [0.5, 0.6) is 0 Å². The number of thiophene rings is 1. The lowest BCUT2D eigenvalue weighted by Crippen LogP contribution is -2.39. The molecule has 0 spiro atoms. The number of hydrogen-bond acceptors (Lipinski definition) is 2. The van der Waals surface area contributed by atoms with Gasteiger partial charge in [-0.3, -0.25) is 4.79 Å². The average Bonchev–Trinajstić information content (AvgIpc) is 2.94. The van der Waals surface area contributed by atoms with Crippen molar-refractivity contribution in [2.45, 2.75) is 25.8 Å². The number of nitrogens with zero attached hydrogens (tertiary/aromatic N) is 1. The van der Waals surface area contributed by atoms with Gasteiger partial charge in [-0.1, -0.05) is 18.5 Å². The smallest absolute Gasteiger partial charge is 0.254 e. The Morgan fingerprint density at radius 2 is 2.10 bits per heavy atom. The summed E-state index contributed by atoms with van der Waals surface area (Å²) in [7, 11) is 0. The number of halogens is 1. The fraction of sp³-hybridized carbons (Fsp3) is 0.312. The summed E-state index contributed by atoms with van der Waals surface area (Å²) in [6.07, 6.45) is 1.91. The van der Waals surface area contributed by atoms with Crippen molar-refractivity contribution in [2.24, 2.45) is 0 Å². The molecule has 3 rings (SSSR count). The van der Waals surface area contributed by atoms with Gasteiger partial charge in [0.05, 0.1) is 6.04 Å². The first kappa shape index (κ1) is 13.7. The molecule has 20 heavy (non-hydrogen) atoms. The highest BCUT2D eigenvalue weighted by Crippen LogP contribution is 2.36. The quantitative estimate of drug-likeness (QED) is 0.797. The molecule has 0 aliphatic carbocycles. The summed E-state index contributed by atoms with van der Waals surface area (Å²) < 4.78 is 0. The Hall–Kier alpha value is -1.32. The predicted octanol–water partition coefficient (Wildman–Crippen LogP) is 4.55. The lowest BCUT2D eigenvalue weighted by atomic mass is 9.97. The number of amides is 1. The minimum absolute atomic E-state index is 0.102. The second-order valence-corrected chi connectivity index (χ2v) is 6.42. The SMILES string of the molecule is CCC1c2ccsc2CCN1C(=O)c1ccc(Cl)cc1. The van der Waals surface area contributed by atoms with Crippen molar-refractivity contribution in [3.05, 3.63) is 56.7 Å². The molecule has 1 aliphatic rings. The summed E-state index contributed by atoms with van der Waals surface area (Å²) in [5, 5.41) is 2.79. The van der Waals surface area contributed by atoms with Crippen LogP contribution in [0, 0.1) is 0 Å². The van der Waals surface area contributed by atoms with E-state index in [0.717, 1.165) is 19.4 Å². The van der Waals surface area contributed by atoms with Crippen LogP contribution < -0.4 is 0 Å². The molecule has 1 aromatic heterocycles. The highest BCUT2D eigenvalue weighted by atomic mass is 35.5. The second kappa shape index (κ2) is 5.58. The maximum atomic E-state index is 12.7. The standard InChI is InChI=1S/C16H16ClNOS/c1-2-14-13-8-10-20-15(13)7-9-18(14)16(19)11-3-5-12(17)6-4-11/h3-6,8,10,14H,2,7,9H2,1H3. The van der Waals surface area contributed by atoms with E-state index in [9.17, 15) is 4.79 Å². The van der Waals surface area contributed by atoms with E-state index in [2.05, 4.69) is 18.4 Å². The molecule has 1 amide bonds. The predicted molar refractivity (Wildman–Crippen MR) is 83.5 cm³/mol. The lowest BCUT2D eigenvalue weighted by Gasteiger charge is -2.35. The zero-order chi connectivity index (χ0) is 14.1. The van der Waals surface area contributed by atoms with Crippen LogP contribution in [0.2, 0.25) is 5.02 Å². The van der Waals surface area contributed by atoms with Crippen LogP contribution in [0.1, 0.15) is 40.2 Å². The van der Waals surface area contributed by atoms with E-state index in [1.807, 2.05) is 4.90 Å². The van der Waals surface area contributed by atoms with Crippen LogP contribution in [0.4, 0.5) is 0 Å². The fourth-order valence-corrected chi connectivity index (χ4v) is 3.89. The molecule has 2 aromatic rings. The molecule has 0 fully saturated rings. The summed E-state index contributed by atoms with van der Waals surface area (Å²) >= 11 is 7.69. The van der Waals surface area contributed by atoms with Crippen LogP contribution in [-0.2, 0) is 6.42 Å². The number of fused-ring (bicyclic) bond motifs is 1. The Morgan fingerprint density at radius 1 is 1.35 bits per heavy atom. The van der Waals surface area contributed by atoms with Crippen molar-refractivity contribution >= 4 is 28.8 Å². The first-order chi connectivity index (χ1) is 9.70. The summed E-state index contributed by atoms with van der Waals surface area (Å²) in [5.74, 6) is 0.102. The lowest BCUT2D eigenvalue weighted by molar-refractivity contribution is 0.0657. The van der Waals surface area contributed by atoms with Crippen molar-refractivity contribution in [3.8, 4) is 0 Å². The summed E-state index contributed by atoms with van der Waals surface area (Å²) in [5.41, 5.74) is 2.04. The van der Waals surface area contributed by atoms with Gasteiger partial charge in [-0.2, -0.15) is 0 Å². The van der Waals surface area contributed by atoms with Crippen LogP contribution in [-0.4, -0.2) is 17.4 Å². The van der Waals surface area contributed by atoms with E-state index >= 15 is 0 Å². The molecule has 4 heteroatoms. The zero-order valence-corrected chi connectivity index (χ0v) is 12.9. The van der Waals surface area contributed by atoms with Gasteiger partial charge in [-0.05, 0) is 54.1 Å². The van der Waals surface area contributed by atoms with Gasteiger partial charge in [0.1, 0.15) is 0 Å². The van der Waals surface area contributed by atoms with Gasteiger partial charge in [0.25, 0.3) is 5.91 Å². The van der Waals surface area contributed by atoms with Crippen molar-refractivity contribution in [3.63, 3.8) is 0 Å². The molecule has 2 nitrogen and oxygen atoms in total. The third-order valence-corrected chi connectivity index (χ3v) is 5.08. The molecule has 1 unspecified atom stereocenters. The highest BCUT2D eigenvalue weighted by Gasteiger charge is 2.30. The number of hydrogen-bond donors (Lipinski definition) is 0. The molecular formula is C16H16ClNOS. The van der Waals surface area contributed by atoms with Crippen molar-refractivity contribution in [1.82, 2.24) is 4.90 Å². The van der Waals surface area contributed by atoms with Gasteiger partial charge in [0.15, 0.2) is 0 Å². The van der Waals surface area contributed by atoms with E-state index in [0.29, 0.717) is 10.6 Å². The van der Waals surface area contributed by atoms with E-state index in [-0.39, 0.29) is 11.9 Å². The molecule has 104 valence electrons. The summed E-state index contributed by atoms with van der Waals surface area (Å²) in [6.45, 7) is 2.94. The summed E-state index contributed by atoms with van der Waals surface area (Å²) in [6, 6.07) is 9.52. The minimum Gasteiger partial charge on any atom is -0.331 e. The molecule has 1 aromatic carbocycles. The van der Waals surface area contributed by atoms with Crippen LogP contribution >= 0.6 is 22.9 Å². The van der Waals surface area contributed by atoms with Gasteiger partial charge < -0.3 is 4.90 Å². The molecule has 1 aliphatic heterocycles. The number of rotatable bonds is 2. The molecule has 0 saturated carbocycles. The van der Waals surface area contributed by atoms with Gasteiger partial charge in [0.2, 0.25) is 0 Å². The van der Waals surface area contributed by atoms with Crippen molar-refractivity contribution < 1.29 is 4.79 Å². The Labute approximate surface area is 128 Å². The topological polar surface area (TPSA) is 20.3 Å². The van der Waals surface area contributed by atoms with Gasteiger partial charge in [-0.15, -0.1) is 11.3 Å². The number of carbonyl (C=O) groups is 1. The molecule has 2 heterocycles. The fourth-order valence-electron chi connectivity index (χ4n) is 2.84. The molecule has 0 saturated heterocycles. The van der Waals surface area contributed by atoms with E-state index in [4.69, 9.17) is 11.6 Å². The van der Waals surface area contributed by atoms with Gasteiger partial charge in [0, 0.05) is 22.0 Å². The average molecular weight is 306 g/mol. The van der Waals surface area contributed by atoms with Crippen LogP contribution in [0.15, 0.2) is 35.7 Å². The number of benzene rings is 1. The molecule has 1 atom stereocenters. The third kappa shape index (κ3) is 2.36. The Bertz CT molecular complexity index is 620. The van der Waals surface area contributed by atoms with Crippen molar-refractivity contribution in [2.75, 3.05) is 6.54 Å². The zero-order valence-electron chi connectivity index (χ0n) is 11.3. The summed E-state index contributed by atoms with van der Waals surface area (Å²) in [4.78, 5) is 16.1. The highest BCUT2D eigenvalue weighted by molar-refractivity contribution is 7.10. The van der Waals surface area contributed by atoms with Crippen LogP contribution in [0.3, 0.4) is 0 Å². The molecule has 0 radical (unpaired) electrons. The van der Waals surface area contributed by atoms with E-state index in [1.54, 1.807) is 35.6 Å². The largest absolute Gasteiger partial charge is 0.331 e. The van der Waals surface area contributed by atoms with E-state index in [1.165, 1.54) is 10.4 Å². The van der Waals surface area contributed by atoms with Gasteiger partial charge in [-0.25, -0.2) is 0 Å². The monoisotopic (exact) mass is 305 g/mol. The first-order valence-corrected chi connectivity index (χ1v) is 8.09. The van der Waals surface area contributed by atoms with E-state index < -0.39 is 0 Å². The Kier molecular flexibility index (Phi) is 3.81. The Morgan fingerprint density at radius 3 is 2.80 bits per heavy atom. The normalized spacial score (nSPS) is 17.9. The second-order valence-electron chi connectivity index (χ2n) is 4.98. The van der Waals surface area contributed by atoms with Gasteiger partial charge >= 0.3 is 0 Å². The minimum atomic E-state index is 0.102. The van der Waals surface area contributed by atoms with Crippen LogP contribution in [0.25, 0.3) is 0 Å². The molecule has 0 bridgehead atoms. The maximum absolute atomic E-state index is 12.7. The van der Waals surface area contributed by atoms with Crippen molar-refractivity contribution in [1.29, 1.82) is 0 Å². The molecular weight excluding hydrogens is 290 g/mol.